The van der Waals surface area contributed by atoms with Crippen molar-refractivity contribution in [1.29, 1.82) is 0 Å². The van der Waals surface area contributed by atoms with E-state index in [1.807, 2.05) is 0 Å². The van der Waals surface area contributed by atoms with E-state index in [9.17, 15) is 4.79 Å². The SMILES string of the molecule is CCOC(=O)c1[nH]ncc1CNC[C@H](C)O. The van der Waals surface area contributed by atoms with Gasteiger partial charge in [0.2, 0.25) is 0 Å². The number of aliphatic hydroxyl groups is 1. The van der Waals surface area contributed by atoms with Gasteiger partial charge in [0.1, 0.15) is 5.69 Å². The molecule has 0 saturated heterocycles. The monoisotopic (exact) mass is 227 g/mol. The Labute approximate surface area is 94.0 Å². The molecule has 3 N–H and O–H groups in total. The first kappa shape index (κ1) is 12.7. The van der Waals surface area contributed by atoms with Crippen LogP contribution in [0.1, 0.15) is 29.9 Å². The molecule has 0 saturated carbocycles. The second kappa shape index (κ2) is 6.24. The number of carbonyl (C=O) groups excluding carboxylic acids is 1. The summed E-state index contributed by atoms with van der Waals surface area (Å²) in [6, 6.07) is 0. The number of hydrogen-bond donors (Lipinski definition) is 3. The Morgan fingerprint density at radius 3 is 3.12 bits per heavy atom. The van der Waals surface area contributed by atoms with Gasteiger partial charge in [-0.15, -0.1) is 0 Å². The molecule has 90 valence electrons. The number of aliphatic hydroxyl groups excluding tert-OH is 1. The summed E-state index contributed by atoms with van der Waals surface area (Å²) in [5.74, 6) is -0.408. The van der Waals surface area contributed by atoms with Crippen LogP contribution < -0.4 is 5.32 Å². The highest BCUT2D eigenvalue weighted by molar-refractivity contribution is 5.88. The van der Waals surface area contributed by atoms with Crippen LogP contribution in [-0.2, 0) is 11.3 Å². The second-order valence-corrected chi connectivity index (χ2v) is 3.47. The van der Waals surface area contributed by atoms with Gasteiger partial charge in [-0.3, -0.25) is 5.10 Å². The van der Waals surface area contributed by atoms with Crippen LogP contribution in [0.4, 0.5) is 0 Å². The molecule has 16 heavy (non-hydrogen) atoms. The van der Waals surface area contributed by atoms with E-state index in [-0.39, 0.29) is 0 Å². The molecule has 0 aliphatic rings. The van der Waals surface area contributed by atoms with Crippen molar-refractivity contribution >= 4 is 5.97 Å². The lowest BCUT2D eigenvalue weighted by atomic mass is 10.2. The number of carbonyl (C=O) groups is 1. The fourth-order valence-corrected chi connectivity index (χ4v) is 1.24. The molecular weight excluding hydrogens is 210 g/mol. The molecule has 1 atom stereocenters. The van der Waals surface area contributed by atoms with Crippen LogP contribution in [0, 0.1) is 0 Å². The Hall–Kier alpha value is -1.40. The Morgan fingerprint density at radius 2 is 2.50 bits per heavy atom. The van der Waals surface area contributed by atoms with Crippen molar-refractivity contribution in [2.24, 2.45) is 0 Å². The maximum absolute atomic E-state index is 11.5. The summed E-state index contributed by atoms with van der Waals surface area (Å²) in [7, 11) is 0. The summed E-state index contributed by atoms with van der Waals surface area (Å²) in [6.07, 6.45) is 1.15. The minimum Gasteiger partial charge on any atom is -0.461 e. The molecule has 1 rings (SSSR count). The van der Waals surface area contributed by atoms with Crippen molar-refractivity contribution < 1.29 is 14.6 Å². The van der Waals surface area contributed by atoms with Gasteiger partial charge in [-0.1, -0.05) is 0 Å². The zero-order valence-electron chi connectivity index (χ0n) is 9.49. The van der Waals surface area contributed by atoms with Gasteiger partial charge in [0.05, 0.1) is 18.9 Å². The summed E-state index contributed by atoms with van der Waals surface area (Å²) in [5, 5.41) is 18.5. The summed E-state index contributed by atoms with van der Waals surface area (Å²) < 4.78 is 4.87. The molecule has 0 unspecified atom stereocenters. The average Bonchev–Trinajstić information content (AvgIpc) is 2.66. The van der Waals surface area contributed by atoms with Crippen molar-refractivity contribution in [3.63, 3.8) is 0 Å². The fraction of sp³-hybridized carbons (Fsp3) is 0.600. The van der Waals surface area contributed by atoms with Crippen LogP contribution in [0.5, 0.6) is 0 Å². The van der Waals surface area contributed by atoms with Gasteiger partial charge in [0.15, 0.2) is 0 Å². The van der Waals surface area contributed by atoms with Crippen LogP contribution in [0.25, 0.3) is 0 Å². The lowest BCUT2D eigenvalue weighted by molar-refractivity contribution is 0.0518. The van der Waals surface area contributed by atoms with E-state index in [2.05, 4.69) is 15.5 Å². The number of H-pyrrole nitrogens is 1. The Balaban J connectivity index is 2.53. The van der Waals surface area contributed by atoms with Crippen LogP contribution in [0.3, 0.4) is 0 Å². The van der Waals surface area contributed by atoms with Crippen molar-refractivity contribution in [3.8, 4) is 0 Å². The van der Waals surface area contributed by atoms with Crippen molar-refractivity contribution in [1.82, 2.24) is 15.5 Å². The highest BCUT2D eigenvalue weighted by atomic mass is 16.5. The molecule has 0 radical (unpaired) electrons. The fourth-order valence-electron chi connectivity index (χ4n) is 1.24. The summed E-state index contributed by atoms with van der Waals surface area (Å²) >= 11 is 0. The van der Waals surface area contributed by atoms with Gasteiger partial charge in [0.25, 0.3) is 0 Å². The first-order valence-corrected chi connectivity index (χ1v) is 5.23. The number of ether oxygens (including phenoxy) is 1. The molecule has 6 nitrogen and oxygen atoms in total. The van der Waals surface area contributed by atoms with Crippen LogP contribution in [-0.4, -0.2) is 40.5 Å². The summed E-state index contributed by atoms with van der Waals surface area (Å²) in [4.78, 5) is 11.5. The second-order valence-electron chi connectivity index (χ2n) is 3.47. The lowest BCUT2D eigenvalue weighted by Gasteiger charge is -2.06. The van der Waals surface area contributed by atoms with E-state index >= 15 is 0 Å². The van der Waals surface area contributed by atoms with E-state index in [1.54, 1.807) is 20.0 Å². The predicted octanol–water partition coefficient (Wildman–Crippen LogP) is 0.0568. The number of esters is 1. The third-order valence-electron chi connectivity index (χ3n) is 1.95. The zero-order valence-corrected chi connectivity index (χ0v) is 9.49. The van der Waals surface area contributed by atoms with Gasteiger partial charge < -0.3 is 15.2 Å². The first-order chi connectivity index (χ1) is 7.65. The zero-order chi connectivity index (χ0) is 12.0. The maximum Gasteiger partial charge on any atom is 0.356 e. The molecule has 0 spiro atoms. The Morgan fingerprint density at radius 1 is 1.75 bits per heavy atom. The van der Waals surface area contributed by atoms with Gasteiger partial charge >= 0.3 is 5.97 Å². The number of aromatic nitrogens is 2. The molecule has 6 heteroatoms. The van der Waals surface area contributed by atoms with E-state index in [0.717, 1.165) is 5.56 Å². The average molecular weight is 227 g/mol. The summed E-state index contributed by atoms with van der Waals surface area (Å²) in [6.45, 7) is 4.70. The number of nitrogens with zero attached hydrogens (tertiary/aromatic N) is 1. The van der Waals surface area contributed by atoms with Crippen LogP contribution >= 0.6 is 0 Å². The standard InChI is InChI=1S/C10H17N3O3/c1-3-16-10(15)9-8(6-12-13-9)5-11-4-7(2)14/h6-7,11,14H,3-5H2,1-2H3,(H,12,13)/t7-/m0/s1. The van der Waals surface area contributed by atoms with Gasteiger partial charge in [-0.05, 0) is 13.8 Å². The third-order valence-corrected chi connectivity index (χ3v) is 1.95. The lowest BCUT2D eigenvalue weighted by Crippen LogP contribution is -2.24. The van der Waals surface area contributed by atoms with E-state index in [4.69, 9.17) is 9.84 Å². The van der Waals surface area contributed by atoms with Crippen LogP contribution in [0.2, 0.25) is 0 Å². The molecular formula is C10H17N3O3. The maximum atomic E-state index is 11.5. The van der Waals surface area contributed by atoms with E-state index in [0.29, 0.717) is 25.4 Å². The first-order valence-electron chi connectivity index (χ1n) is 5.23. The third kappa shape index (κ3) is 3.63. The molecule has 0 aliphatic carbocycles. The molecule has 0 bridgehead atoms. The van der Waals surface area contributed by atoms with Gasteiger partial charge in [0, 0.05) is 18.7 Å². The predicted molar refractivity (Wildman–Crippen MR) is 57.9 cm³/mol. The molecule has 0 aliphatic heterocycles. The van der Waals surface area contributed by atoms with Crippen LogP contribution in [0.15, 0.2) is 6.20 Å². The van der Waals surface area contributed by atoms with Crippen molar-refractivity contribution in [2.75, 3.05) is 13.2 Å². The number of aromatic amines is 1. The minimum atomic E-state index is -0.419. The molecule has 1 aromatic heterocycles. The normalized spacial score (nSPS) is 12.4. The number of hydrogen-bond acceptors (Lipinski definition) is 5. The molecule has 0 aromatic carbocycles. The number of nitrogens with one attached hydrogen (secondary N) is 2. The van der Waals surface area contributed by atoms with Crippen molar-refractivity contribution in [2.45, 2.75) is 26.5 Å². The Kier molecular flexibility index (Phi) is 4.94. The molecule has 0 fully saturated rings. The number of rotatable bonds is 6. The largest absolute Gasteiger partial charge is 0.461 e. The van der Waals surface area contributed by atoms with Gasteiger partial charge in [-0.2, -0.15) is 5.10 Å². The quantitative estimate of drug-likeness (QED) is 0.598. The highest BCUT2D eigenvalue weighted by Crippen LogP contribution is 2.05. The molecule has 0 amide bonds. The topological polar surface area (TPSA) is 87.2 Å². The summed E-state index contributed by atoms with van der Waals surface area (Å²) in [5.41, 5.74) is 1.10. The van der Waals surface area contributed by atoms with E-state index < -0.39 is 12.1 Å². The van der Waals surface area contributed by atoms with Crippen molar-refractivity contribution in [3.05, 3.63) is 17.5 Å². The minimum absolute atomic E-state index is 0.332. The smallest absolute Gasteiger partial charge is 0.356 e. The highest BCUT2D eigenvalue weighted by Gasteiger charge is 2.14. The van der Waals surface area contributed by atoms with Gasteiger partial charge in [-0.25, -0.2) is 4.79 Å². The Bertz CT molecular complexity index is 336. The molecule has 1 aromatic rings. The molecule has 1 heterocycles. The van der Waals surface area contributed by atoms with E-state index in [1.165, 1.54) is 0 Å².